The third-order valence-electron chi connectivity index (χ3n) is 3.48. The fourth-order valence-corrected chi connectivity index (χ4v) is 2.48. The van der Waals surface area contributed by atoms with Crippen LogP contribution in [0.2, 0.25) is 0 Å². The molecule has 3 N–H and O–H groups in total. The Balaban J connectivity index is 1.96. The molecule has 6 nitrogen and oxygen atoms in total. The number of amides is 1. The van der Waals surface area contributed by atoms with E-state index in [1.807, 2.05) is 24.3 Å². The Morgan fingerprint density at radius 1 is 1.00 bits per heavy atom. The van der Waals surface area contributed by atoms with E-state index in [9.17, 15) is 9.59 Å². The van der Waals surface area contributed by atoms with E-state index in [4.69, 9.17) is 10.3 Å². The second-order valence-corrected chi connectivity index (χ2v) is 6.28. The molecule has 25 heavy (non-hydrogen) atoms. The minimum atomic E-state index is -0.960. The summed E-state index contributed by atoms with van der Waals surface area (Å²) in [6, 6.07) is 14.2. The smallest absolute Gasteiger partial charge is 0.303 e. The van der Waals surface area contributed by atoms with E-state index in [2.05, 4.69) is 26.4 Å². The number of hydrogen-bond acceptors (Lipinski definition) is 4. The van der Waals surface area contributed by atoms with Gasteiger partial charge in [0.2, 0.25) is 5.91 Å². The first kappa shape index (κ1) is 18.7. The Hall–Kier alpha value is -2.67. The Morgan fingerprint density at radius 2 is 1.64 bits per heavy atom. The summed E-state index contributed by atoms with van der Waals surface area (Å²) >= 11 is 3.35. The fraction of sp³-hybridized carbons (Fsp3) is 0.167. The number of nitrogens with zero attached hydrogens (tertiary/aromatic N) is 1. The van der Waals surface area contributed by atoms with E-state index < -0.39 is 5.97 Å². The van der Waals surface area contributed by atoms with Crippen molar-refractivity contribution in [3.8, 4) is 0 Å². The molecule has 0 saturated heterocycles. The van der Waals surface area contributed by atoms with E-state index in [0.29, 0.717) is 11.3 Å². The largest absolute Gasteiger partial charge is 0.481 e. The van der Waals surface area contributed by atoms with Gasteiger partial charge in [0.25, 0.3) is 0 Å². The van der Waals surface area contributed by atoms with E-state index in [-0.39, 0.29) is 30.9 Å². The summed E-state index contributed by atoms with van der Waals surface area (Å²) in [5.41, 5.74) is 2.41. The number of carbonyl (C=O) groups is 2. The second-order valence-electron chi connectivity index (χ2n) is 5.37. The maximum Gasteiger partial charge on any atom is 0.303 e. The van der Waals surface area contributed by atoms with Crippen LogP contribution >= 0.6 is 15.9 Å². The summed E-state index contributed by atoms with van der Waals surface area (Å²) in [6.07, 6.45) is 0.267. The van der Waals surface area contributed by atoms with Crippen LogP contribution in [0.5, 0.6) is 0 Å². The Kier molecular flexibility index (Phi) is 6.71. The highest BCUT2D eigenvalue weighted by Crippen LogP contribution is 2.14. The lowest BCUT2D eigenvalue weighted by molar-refractivity contribution is -0.136. The number of halogens is 1. The monoisotopic (exact) mass is 404 g/mol. The Bertz CT molecular complexity index is 771. The molecule has 0 aromatic heterocycles. The lowest BCUT2D eigenvalue weighted by atomic mass is 10.1. The zero-order valence-electron chi connectivity index (χ0n) is 13.3. The minimum absolute atomic E-state index is 0.120. The topological polar surface area (TPSA) is 99.0 Å². The van der Waals surface area contributed by atoms with Crippen molar-refractivity contribution >= 4 is 39.2 Å². The highest BCUT2D eigenvalue weighted by molar-refractivity contribution is 9.10. The number of carboxylic acid groups (broad SMARTS) is 1. The number of carbonyl (C=O) groups excluding carboxylic acids is 1. The average Bonchev–Trinajstić information content (AvgIpc) is 2.58. The molecule has 0 heterocycles. The van der Waals surface area contributed by atoms with Gasteiger partial charge in [-0.25, -0.2) is 0 Å². The van der Waals surface area contributed by atoms with Crippen LogP contribution in [-0.4, -0.2) is 27.9 Å². The van der Waals surface area contributed by atoms with E-state index in [0.717, 1.165) is 10.0 Å². The highest BCUT2D eigenvalue weighted by atomic mass is 79.9. The van der Waals surface area contributed by atoms with Crippen LogP contribution in [0.3, 0.4) is 0 Å². The minimum Gasteiger partial charge on any atom is -0.481 e. The van der Waals surface area contributed by atoms with Crippen molar-refractivity contribution in [2.24, 2.45) is 5.16 Å². The molecule has 7 heteroatoms. The lowest BCUT2D eigenvalue weighted by Gasteiger charge is -2.08. The maximum absolute atomic E-state index is 12.1. The molecule has 130 valence electrons. The van der Waals surface area contributed by atoms with Crippen molar-refractivity contribution < 1.29 is 19.9 Å². The van der Waals surface area contributed by atoms with Crippen LogP contribution in [0.4, 0.5) is 5.69 Å². The van der Waals surface area contributed by atoms with Crippen molar-refractivity contribution in [2.75, 3.05) is 5.32 Å². The maximum atomic E-state index is 12.1. The number of nitrogens with one attached hydrogen (secondary N) is 1. The second kappa shape index (κ2) is 8.98. The van der Waals surface area contributed by atoms with Gasteiger partial charge in [0, 0.05) is 16.6 Å². The summed E-state index contributed by atoms with van der Waals surface area (Å²) < 4.78 is 0.955. The number of anilines is 1. The van der Waals surface area contributed by atoms with Crippen LogP contribution < -0.4 is 5.32 Å². The van der Waals surface area contributed by atoms with Crippen molar-refractivity contribution in [3.05, 3.63) is 64.1 Å². The first-order valence-corrected chi connectivity index (χ1v) is 8.34. The molecule has 0 spiro atoms. The molecule has 0 radical (unpaired) electrons. The van der Waals surface area contributed by atoms with Gasteiger partial charge < -0.3 is 15.6 Å². The predicted octanol–water partition coefficient (Wildman–Crippen LogP) is 3.67. The van der Waals surface area contributed by atoms with Crippen molar-refractivity contribution in [2.45, 2.75) is 19.3 Å². The summed E-state index contributed by atoms with van der Waals surface area (Å²) in [5, 5.41) is 23.6. The van der Waals surface area contributed by atoms with Gasteiger partial charge in [-0.1, -0.05) is 45.4 Å². The van der Waals surface area contributed by atoms with Gasteiger partial charge in [-0.2, -0.15) is 0 Å². The number of oxime groups is 1. The molecule has 0 aliphatic rings. The molecule has 1 amide bonds. The summed E-state index contributed by atoms with van der Waals surface area (Å²) in [6.45, 7) is 0. The SMILES string of the molecule is O=C(O)CC/C(=N\O)c1ccc(NC(=O)Cc2ccc(Br)cc2)cc1. The molecule has 2 aromatic rings. The number of hydrogen-bond donors (Lipinski definition) is 3. The molecule has 2 rings (SSSR count). The van der Waals surface area contributed by atoms with Crippen LogP contribution in [0.15, 0.2) is 58.2 Å². The highest BCUT2D eigenvalue weighted by Gasteiger charge is 2.09. The Morgan fingerprint density at radius 3 is 2.20 bits per heavy atom. The van der Waals surface area contributed by atoms with Gasteiger partial charge in [0.05, 0.1) is 18.6 Å². The first-order valence-electron chi connectivity index (χ1n) is 7.55. The van der Waals surface area contributed by atoms with Crippen LogP contribution in [-0.2, 0) is 16.0 Å². The third kappa shape index (κ3) is 6.04. The van der Waals surface area contributed by atoms with Crippen molar-refractivity contribution in [3.63, 3.8) is 0 Å². The molecular formula is C18H17BrN2O4. The zero-order chi connectivity index (χ0) is 18.2. The molecule has 0 saturated carbocycles. The number of rotatable bonds is 7. The van der Waals surface area contributed by atoms with Crippen molar-refractivity contribution in [1.82, 2.24) is 0 Å². The molecule has 0 aliphatic heterocycles. The number of benzene rings is 2. The standard InChI is InChI=1S/C18H17BrN2O4/c19-14-5-1-12(2-6-14)11-17(22)20-15-7-3-13(4-8-15)16(21-25)9-10-18(23)24/h1-8,25H,9-11H2,(H,20,22)(H,23,24)/b21-16+. The van der Waals surface area contributed by atoms with Crippen LogP contribution in [0, 0.1) is 0 Å². The fourth-order valence-electron chi connectivity index (χ4n) is 2.22. The predicted molar refractivity (Wildman–Crippen MR) is 98.1 cm³/mol. The lowest BCUT2D eigenvalue weighted by Crippen LogP contribution is -2.14. The van der Waals surface area contributed by atoms with Gasteiger partial charge in [-0.15, -0.1) is 0 Å². The summed E-state index contributed by atoms with van der Waals surface area (Å²) in [4.78, 5) is 22.7. The normalized spacial score (nSPS) is 11.2. The third-order valence-corrected chi connectivity index (χ3v) is 4.00. The van der Waals surface area contributed by atoms with Gasteiger partial charge in [-0.3, -0.25) is 9.59 Å². The zero-order valence-corrected chi connectivity index (χ0v) is 14.9. The van der Waals surface area contributed by atoms with Gasteiger partial charge in [0.15, 0.2) is 0 Å². The van der Waals surface area contributed by atoms with E-state index in [1.54, 1.807) is 24.3 Å². The van der Waals surface area contributed by atoms with E-state index in [1.165, 1.54) is 0 Å². The quantitative estimate of drug-likeness (QED) is 0.372. The number of aliphatic carboxylic acids is 1. The molecule has 0 bridgehead atoms. The van der Waals surface area contributed by atoms with Gasteiger partial charge in [-0.05, 0) is 35.4 Å². The van der Waals surface area contributed by atoms with Crippen molar-refractivity contribution in [1.29, 1.82) is 0 Å². The number of carboxylic acids is 1. The molecule has 2 aromatic carbocycles. The average molecular weight is 405 g/mol. The van der Waals surface area contributed by atoms with E-state index >= 15 is 0 Å². The molecule has 0 aliphatic carbocycles. The summed E-state index contributed by atoms with van der Waals surface area (Å²) in [5.74, 6) is -1.10. The van der Waals surface area contributed by atoms with Gasteiger partial charge in [0.1, 0.15) is 0 Å². The first-order chi connectivity index (χ1) is 12.0. The van der Waals surface area contributed by atoms with Crippen LogP contribution in [0.25, 0.3) is 0 Å². The molecule has 0 atom stereocenters. The van der Waals surface area contributed by atoms with Gasteiger partial charge >= 0.3 is 5.97 Å². The Labute approximate surface area is 153 Å². The molecule has 0 fully saturated rings. The molecule has 0 unspecified atom stereocenters. The molecular weight excluding hydrogens is 388 g/mol. The van der Waals surface area contributed by atoms with Crippen LogP contribution in [0.1, 0.15) is 24.0 Å². The summed E-state index contributed by atoms with van der Waals surface area (Å²) in [7, 11) is 0.